The minimum Gasteiger partial charge on any atom is -0.386 e. The highest BCUT2D eigenvalue weighted by molar-refractivity contribution is 7.93. The number of halogens is 4. The fourth-order valence-electron chi connectivity index (χ4n) is 3.14. The Balaban J connectivity index is 1.92. The van der Waals surface area contributed by atoms with Gasteiger partial charge in [0, 0.05) is 17.4 Å². The highest BCUT2D eigenvalue weighted by Crippen LogP contribution is 2.38. The molecule has 1 atom stereocenters. The lowest BCUT2D eigenvalue weighted by molar-refractivity contribution is 0.0562. The number of amidine groups is 1. The van der Waals surface area contributed by atoms with Crippen molar-refractivity contribution in [2.45, 2.75) is 44.2 Å². The van der Waals surface area contributed by atoms with Crippen molar-refractivity contribution in [3.8, 4) is 0 Å². The van der Waals surface area contributed by atoms with Crippen LogP contribution in [-0.2, 0) is 21.9 Å². The van der Waals surface area contributed by atoms with Gasteiger partial charge in [0.25, 0.3) is 0 Å². The highest BCUT2D eigenvalue weighted by Gasteiger charge is 2.49. The van der Waals surface area contributed by atoms with E-state index >= 15 is 0 Å². The van der Waals surface area contributed by atoms with Crippen LogP contribution in [0.2, 0.25) is 5.02 Å². The molecule has 3 N–H and O–H groups in total. The van der Waals surface area contributed by atoms with Gasteiger partial charge in [-0.25, -0.2) is 17.5 Å². The number of nitrogens with two attached hydrogens (primary N) is 1. The van der Waals surface area contributed by atoms with Crippen LogP contribution >= 0.6 is 11.6 Å². The molecule has 1 unspecified atom stereocenters. The van der Waals surface area contributed by atoms with E-state index < -0.39 is 38.2 Å². The molecule has 30 heavy (non-hydrogen) atoms. The summed E-state index contributed by atoms with van der Waals surface area (Å²) in [5.74, 6) is -1.16. The average Bonchev–Trinajstić information content (AvgIpc) is 3.00. The zero-order valence-electron chi connectivity index (χ0n) is 16.5. The Morgan fingerprint density at radius 3 is 2.57 bits per heavy atom. The molecule has 2 heterocycles. The lowest BCUT2D eigenvalue weighted by Crippen LogP contribution is -2.54. The Morgan fingerprint density at radius 2 is 2.00 bits per heavy atom. The Bertz CT molecular complexity index is 1120. The van der Waals surface area contributed by atoms with Crippen molar-refractivity contribution in [3.05, 3.63) is 46.5 Å². The van der Waals surface area contributed by atoms with E-state index in [4.69, 9.17) is 17.3 Å². The van der Waals surface area contributed by atoms with Crippen molar-refractivity contribution in [1.29, 1.82) is 0 Å². The first-order valence-electron chi connectivity index (χ1n) is 8.90. The fraction of sp³-hybridized carbons (Fsp3) is 0.444. The van der Waals surface area contributed by atoms with Crippen LogP contribution in [0.1, 0.15) is 38.6 Å². The quantitative estimate of drug-likeness (QED) is 0.707. The second kappa shape index (κ2) is 7.45. The predicted octanol–water partition coefficient (Wildman–Crippen LogP) is 3.46. The van der Waals surface area contributed by atoms with E-state index in [1.165, 1.54) is 39.0 Å². The van der Waals surface area contributed by atoms with Crippen molar-refractivity contribution >= 4 is 33.0 Å². The fourth-order valence-corrected chi connectivity index (χ4v) is 5.03. The van der Waals surface area contributed by atoms with Gasteiger partial charge in [0.05, 0.1) is 17.3 Å². The third-order valence-corrected chi connectivity index (χ3v) is 8.22. The zero-order valence-corrected chi connectivity index (χ0v) is 18.0. The molecule has 12 heteroatoms. The van der Waals surface area contributed by atoms with Crippen LogP contribution in [0.25, 0.3) is 0 Å². The molecule has 0 aliphatic carbocycles. The number of aromatic nitrogens is 2. The highest BCUT2D eigenvalue weighted by atomic mass is 35.5. The second-order valence-electron chi connectivity index (χ2n) is 7.77. The summed E-state index contributed by atoms with van der Waals surface area (Å²) >= 11 is 5.91. The number of alkyl halides is 2. The van der Waals surface area contributed by atoms with Gasteiger partial charge in [-0.05, 0) is 39.0 Å². The summed E-state index contributed by atoms with van der Waals surface area (Å²) in [4.78, 5) is 4.32. The Morgan fingerprint density at radius 1 is 1.33 bits per heavy atom. The first kappa shape index (κ1) is 22.4. The van der Waals surface area contributed by atoms with Gasteiger partial charge in [-0.1, -0.05) is 11.6 Å². The monoisotopic (exact) mass is 463 g/mol. The largest absolute Gasteiger partial charge is 0.386 e. The maximum absolute atomic E-state index is 14.6. The van der Waals surface area contributed by atoms with Crippen LogP contribution in [0.3, 0.4) is 0 Å². The summed E-state index contributed by atoms with van der Waals surface area (Å²) in [6.07, 6.45) is 1.01. The van der Waals surface area contributed by atoms with Crippen molar-refractivity contribution in [1.82, 2.24) is 9.78 Å². The number of hydrogen-bond acceptors (Lipinski definition) is 6. The molecule has 0 bridgehead atoms. The molecule has 0 saturated carbocycles. The van der Waals surface area contributed by atoms with Gasteiger partial charge in [0.15, 0.2) is 9.84 Å². The van der Waals surface area contributed by atoms with Gasteiger partial charge in [0.2, 0.25) is 0 Å². The molecule has 0 radical (unpaired) electrons. The SMILES string of the molecule is CC1(c2cc(NCc3nn(C(F)F)cc3Cl)ccc2F)CS(=O)(=O)C(C)(C)C(N)=N1. The molecule has 1 aliphatic heterocycles. The van der Waals surface area contributed by atoms with Crippen molar-refractivity contribution in [3.63, 3.8) is 0 Å². The van der Waals surface area contributed by atoms with Crippen LogP contribution in [0, 0.1) is 5.82 Å². The minimum absolute atomic E-state index is 0.00290. The van der Waals surface area contributed by atoms with E-state index in [9.17, 15) is 21.6 Å². The number of benzene rings is 1. The van der Waals surface area contributed by atoms with Gasteiger partial charge in [0.1, 0.15) is 27.6 Å². The number of aliphatic imine (C=N–C) groups is 1. The first-order valence-corrected chi connectivity index (χ1v) is 10.9. The maximum atomic E-state index is 14.6. The number of hydrogen-bond donors (Lipinski definition) is 2. The van der Waals surface area contributed by atoms with E-state index in [0.29, 0.717) is 10.4 Å². The predicted molar refractivity (Wildman–Crippen MR) is 109 cm³/mol. The third kappa shape index (κ3) is 3.87. The second-order valence-corrected chi connectivity index (χ2v) is 10.7. The Hall–Kier alpha value is -2.27. The standard InChI is InChI=1S/C18H21ClF3N5O2S/c1-17(2)15(23)25-18(3,9-30(17,28)29)11-6-10(4-5-13(11)20)24-7-14-12(19)8-27(26-14)16(21)22/h4-6,8,16,24H,7,9H2,1-3H3,(H2,23,25). The molecule has 3 rings (SSSR count). The first-order chi connectivity index (χ1) is 13.8. The van der Waals surface area contributed by atoms with Gasteiger partial charge in [-0.3, -0.25) is 4.99 Å². The van der Waals surface area contributed by atoms with Crippen LogP contribution in [0.5, 0.6) is 0 Å². The molecular weight excluding hydrogens is 443 g/mol. The zero-order chi connectivity index (χ0) is 22.5. The summed E-state index contributed by atoms with van der Waals surface area (Å²) in [6, 6.07) is 4.01. The molecule has 0 amide bonds. The van der Waals surface area contributed by atoms with Gasteiger partial charge < -0.3 is 11.1 Å². The van der Waals surface area contributed by atoms with E-state index in [0.717, 1.165) is 6.20 Å². The molecule has 0 saturated heterocycles. The number of rotatable bonds is 5. The summed E-state index contributed by atoms with van der Waals surface area (Å²) in [5, 5.41) is 6.67. The molecule has 164 valence electrons. The number of sulfone groups is 1. The van der Waals surface area contributed by atoms with E-state index in [-0.39, 0.29) is 28.7 Å². The topological polar surface area (TPSA) is 102 Å². The van der Waals surface area contributed by atoms with Gasteiger partial charge >= 0.3 is 6.55 Å². The normalized spacial score (nSPS) is 22.7. The third-order valence-electron chi connectivity index (χ3n) is 5.20. The summed E-state index contributed by atoms with van der Waals surface area (Å²) in [5.41, 5.74) is 5.12. The molecule has 1 aromatic heterocycles. The van der Waals surface area contributed by atoms with Crippen LogP contribution in [0.15, 0.2) is 29.4 Å². The summed E-state index contributed by atoms with van der Waals surface area (Å²) < 4.78 is 64.6. The molecule has 7 nitrogen and oxygen atoms in total. The minimum atomic E-state index is -3.71. The van der Waals surface area contributed by atoms with E-state index in [1.807, 2.05) is 0 Å². The van der Waals surface area contributed by atoms with Crippen molar-refractivity contribution in [2.24, 2.45) is 10.7 Å². The van der Waals surface area contributed by atoms with Crippen LogP contribution < -0.4 is 11.1 Å². The summed E-state index contributed by atoms with van der Waals surface area (Å²) in [6.45, 7) is 1.58. The smallest absolute Gasteiger partial charge is 0.333 e. The Kier molecular flexibility index (Phi) is 5.57. The lowest BCUT2D eigenvalue weighted by atomic mass is 9.92. The van der Waals surface area contributed by atoms with E-state index in [2.05, 4.69) is 15.4 Å². The molecule has 1 aromatic carbocycles. The van der Waals surface area contributed by atoms with Crippen molar-refractivity contribution < 1.29 is 21.6 Å². The van der Waals surface area contributed by atoms with Crippen molar-refractivity contribution in [2.75, 3.05) is 11.1 Å². The summed E-state index contributed by atoms with van der Waals surface area (Å²) in [7, 11) is -3.71. The lowest BCUT2D eigenvalue weighted by Gasteiger charge is -2.38. The maximum Gasteiger partial charge on any atom is 0.333 e. The average molecular weight is 464 g/mol. The molecular formula is C18H21ClF3N5O2S. The number of nitrogens with zero attached hydrogens (tertiary/aromatic N) is 3. The van der Waals surface area contributed by atoms with Crippen LogP contribution in [-0.4, -0.2) is 34.5 Å². The van der Waals surface area contributed by atoms with E-state index in [1.54, 1.807) is 0 Å². The van der Waals surface area contributed by atoms with Gasteiger partial charge in [-0.15, -0.1) is 0 Å². The van der Waals surface area contributed by atoms with Gasteiger partial charge in [-0.2, -0.15) is 13.9 Å². The Labute approximate surface area is 177 Å². The number of nitrogens with one attached hydrogen (secondary N) is 1. The molecule has 1 aliphatic rings. The molecule has 0 spiro atoms. The van der Waals surface area contributed by atoms with Crippen LogP contribution in [0.4, 0.5) is 18.9 Å². The molecule has 2 aromatic rings. The molecule has 0 fully saturated rings. The number of anilines is 1.